The van der Waals surface area contributed by atoms with Gasteiger partial charge in [-0.1, -0.05) is 36.4 Å². The summed E-state index contributed by atoms with van der Waals surface area (Å²) >= 11 is 1.59. The van der Waals surface area contributed by atoms with Crippen molar-refractivity contribution in [2.24, 2.45) is 0 Å². The van der Waals surface area contributed by atoms with Crippen molar-refractivity contribution in [1.82, 2.24) is 4.98 Å². The highest BCUT2D eigenvalue weighted by atomic mass is 32.1. The number of hydrogen-bond donors (Lipinski definition) is 1. The van der Waals surface area contributed by atoms with Crippen molar-refractivity contribution in [2.75, 3.05) is 5.32 Å². The molecule has 0 saturated carbocycles. The van der Waals surface area contributed by atoms with Crippen molar-refractivity contribution in [2.45, 2.75) is 0 Å². The fourth-order valence-electron chi connectivity index (χ4n) is 2.43. The third-order valence-corrected chi connectivity index (χ3v) is 4.42. The second-order valence-electron chi connectivity index (χ2n) is 5.47. The fourth-order valence-corrected chi connectivity index (χ4v) is 3.17. The minimum absolute atomic E-state index is 0.813. The van der Waals surface area contributed by atoms with Gasteiger partial charge in [-0.05, 0) is 48.5 Å². The standard InChI is InChI=1S/C21H16N2OS/c1-3-7-17(8-4-1)22-21-23-20(15-25-21)16-11-13-19(14-12-16)24-18-9-5-2-6-10-18/h1-15H,(H,22,23). The number of para-hydroxylation sites is 2. The summed E-state index contributed by atoms with van der Waals surface area (Å²) in [5.74, 6) is 1.64. The number of rotatable bonds is 5. The Kier molecular flexibility index (Phi) is 4.44. The lowest BCUT2D eigenvalue weighted by atomic mass is 10.2. The maximum absolute atomic E-state index is 5.82. The minimum Gasteiger partial charge on any atom is -0.457 e. The lowest BCUT2D eigenvalue weighted by molar-refractivity contribution is 0.483. The normalized spacial score (nSPS) is 10.4. The molecule has 0 bridgehead atoms. The Balaban J connectivity index is 1.47. The summed E-state index contributed by atoms with van der Waals surface area (Å²) in [6.45, 7) is 0. The van der Waals surface area contributed by atoms with E-state index in [1.165, 1.54) is 0 Å². The van der Waals surface area contributed by atoms with Crippen molar-refractivity contribution in [3.63, 3.8) is 0 Å². The van der Waals surface area contributed by atoms with Crippen LogP contribution in [0.4, 0.5) is 10.8 Å². The smallest absolute Gasteiger partial charge is 0.187 e. The molecule has 0 unspecified atom stereocenters. The molecule has 4 rings (SSSR count). The van der Waals surface area contributed by atoms with Gasteiger partial charge in [0.2, 0.25) is 0 Å². The molecule has 0 aliphatic rings. The maximum atomic E-state index is 5.82. The molecule has 0 atom stereocenters. The van der Waals surface area contributed by atoms with Gasteiger partial charge < -0.3 is 10.1 Å². The van der Waals surface area contributed by atoms with Crippen LogP contribution in [0.1, 0.15) is 0 Å². The van der Waals surface area contributed by atoms with E-state index < -0.39 is 0 Å². The zero-order valence-corrected chi connectivity index (χ0v) is 14.2. The molecule has 0 amide bonds. The molecule has 0 spiro atoms. The average molecular weight is 344 g/mol. The van der Waals surface area contributed by atoms with Crippen molar-refractivity contribution >= 4 is 22.2 Å². The molecule has 25 heavy (non-hydrogen) atoms. The number of anilines is 2. The molecule has 3 nitrogen and oxygen atoms in total. The minimum atomic E-state index is 0.813. The Morgan fingerprint density at radius 1 is 0.720 bits per heavy atom. The molecule has 0 aliphatic carbocycles. The van der Waals surface area contributed by atoms with Crippen LogP contribution in [0.15, 0.2) is 90.3 Å². The molecular formula is C21H16N2OS. The van der Waals surface area contributed by atoms with Gasteiger partial charge in [-0.25, -0.2) is 4.98 Å². The molecule has 0 radical (unpaired) electrons. The quantitative estimate of drug-likeness (QED) is 0.458. The SMILES string of the molecule is c1ccc(Nc2nc(-c3ccc(Oc4ccccc4)cc3)cs2)cc1. The lowest BCUT2D eigenvalue weighted by Gasteiger charge is -2.06. The van der Waals surface area contributed by atoms with Crippen LogP contribution in [-0.4, -0.2) is 4.98 Å². The zero-order chi connectivity index (χ0) is 16.9. The van der Waals surface area contributed by atoms with Crippen LogP contribution >= 0.6 is 11.3 Å². The summed E-state index contributed by atoms with van der Waals surface area (Å²) < 4.78 is 5.82. The second kappa shape index (κ2) is 7.20. The average Bonchev–Trinajstić information content (AvgIpc) is 3.12. The van der Waals surface area contributed by atoms with Crippen molar-refractivity contribution < 1.29 is 4.74 Å². The molecule has 0 aliphatic heterocycles. The molecule has 1 N–H and O–H groups in total. The van der Waals surface area contributed by atoms with E-state index >= 15 is 0 Å². The summed E-state index contributed by atoms with van der Waals surface area (Å²) in [6, 6.07) is 27.8. The Labute approximate surface area is 150 Å². The van der Waals surface area contributed by atoms with Gasteiger partial charge in [-0.3, -0.25) is 0 Å². The van der Waals surface area contributed by atoms with E-state index in [9.17, 15) is 0 Å². The Morgan fingerprint density at radius 2 is 1.36 bits per heavy atom. The first kappa shape index (κ1) is 15.4. The van der Waals surface area contributed by atoms with E-state index in [1.54, 1.807) is 11.3 Å². The first-order valence-electron chi connectivity index (χ1n) is 7.98. The number of aromatic nitrogens is 1. The largest absolute Gasteiger partial charge is 0.457 e. The molecule has 122 valence electrons. The second-order valence-corrected chi connectivity index (χ2v) is 6.33. The summed E-state index contributed by atoms with van der Waals surface area (Å²) in [5.41, 5.74) is 3.06. The van der Waals surface area contributed by atoms with Crippen LogP contribution in [0, 0.1) is 0 Å². The molecule has 1 aromatic heterocycles. The van der Waals surface area contributed by atoms with Gasteiger partial charge in [0.15, 0.2) is 5.13 Å². The highest BCUT2D eigenvalue weighted by Crippen LogP contribution is 2.29. The lowest BCUT2D eigenvalue weighted by Crippen LogP contribution is -1.88. The van der Waals surface area contributed by atoms with Crippen LogP contribution in [0.2, 0.25) is 0 Å². The monoisotopic (exact) mass is 344 g/mol. The van der Waals surface area contributed by atoms with Crippen molar-refractivity contribution in [3.05, 3.63) is 90.3 Å². The number of nitrogens with one attached hydrogen (secondary N) is 1. The van der Waals surface area contributed by atoms with E-state index in [2.05, 4.69) is 15.7 Å². The Bertz CT molecular complexity index is 935. The van der Waals surface area contributed by atoms with E-state index in [0.29, 0.717) is 0 Å². The predicted molar refractivity (Wildman–Crippen MR) is 104 cm³/mol. The van der Waals surface area contributed by atoms with Gasteiger partial charge in [0, 0.05) is 16.6 Å². The van der Waals surface area contributed by atoms with E-state index in [1.807, 2.05) is 84.9 Å². The molecule has 0 saturated heterocycles. The van der Waals surface area contributed by atoms with Crippen LogP contribution < -0.4 is 10.1 Å². The van der Waals surface area contributed by atoms with E-state index in [-0.39, 0.29) is 0 Å². The number of ether oxygens (including phenoxy) is 1. The first-order chi connectivity index (χ1) is 12.4. The van der Waals surface area contributed by atoms with Gasteiger partial charge in [0.25, 0.3) is 0 Å². The summed E-state index contributed by atoms with van der Waals surface area (Å²) in [4.78, 5) is 4.66. The topological polar surface area (TPSA) is 34.2 Å². The molecule has 0 fully saturated rings. The van der Waals surface area contributed by atoms with Crippen LogP contribution in [0.25, 0.3) is 11.3 Å². The van der Waals surface area contributed by atoms with Crippen LogP contribution in [0.5, 0.6) is 11.5 Å². The number of nitrogens with zero attached hydrogens (tertiary/aromatic N) is 1. The predicted octanol–water partition coefficient (Wildman–Crippen LogP) is 6.35. The van der Waals surface area contributed by atoms with E-state index in [4.69, 9.17) is 4.74 Å². The fraction of sp³-hybridized carbons (Fsp3) is 0. The number of hydrogen-bond acceptors (Lipinski definition) is 4. The molecular weight excluding hydrogens is 328 g/mol. The van der Waals surface area contributed by atoms with Gasteiger partial charge in [-0.15, -0.1) is 11.3 Å². The third kappa shape index (κ3) is 3.87. The highest BCUT2D eigenvalue weighted by Gasteiger charge is 2.05. The van der Waals surface area contributed by atoms with Gasteiger partial charge in [0.1, 0.15) is 11.5 Å². The molecule has 4 aromatic rings. The first-order valence-corrected chi connectivity index (χ1v) is 8.86. The van der Waals surface area contributed by atoms with Crippen LogP contribution in [0.3, 0.4) is 0 Å². The highest BCUT2D eigenvalue weighted by molar-refractivity contribution is 7.14. The van der Waals surface area contributed by atoms with Gasteiger partial charge >= 0.3 is 0 Å². The third-order valence-electron chi connectivity index (χ3n) is 3.66. The van der Waals surface area contributed by atoms with Gasteiger partial charge in [0.05, 0.1) is 5.69 Å². The number of thiazole rings is 1. The van der Waals surface area contributed by atoms with Crippen LogP contribution in [-0.2, 0) is 0 Å². The summed E-state index contributed by atoms with van der Waals surface area (Å²) in [5, 5.41) is 6.26. The molecule has 3 aromatic carbocycles. The summed E-state index contributed by atoms with van der Waals surface area (Å²) in [6.07, 6.45) is 0. The Morgan fingerprint density at radius 3 is 2.08 bits per heavy atom. The zero-order valence-electron chi connectivity index (χ0n) is 13.4. The van der Waals surface area contributed by atoms with Crippen molar-refractivity contribution in [1.29, 1.82) is 0 Å². The molecule has 1 heterocycles. The van der Waals surface area contributed by atoms with E-state index in [0.717, 1.165) is 33.6 Å². The van der Waals surface area contributed by atoms with Gasteiger partial charge in [-0.2, -0.15) is 0 Å². The Hall–Kier alpha value is -3.11. The maximum Gasteiger partial charge on any atom is 0.187 e. The molecule has 4 heteroatoms. The summed E-state index contributed by atoms with van der Waals surface area (Å²) in [7, 11) is 0. The number of benzene rings is 3. The van der Waals surface area contributed by atoms with Crippen molar-refractivity contribution in [3.8, 4) is 22.8 Å².